The molecule has 0 aliphatic rings. The highest BCUT2D eigenvalue weighted by atomic mass is 35.5. The van der Waals surface area contributed by atoms with Gasteiger partial charge in [0.2, 0.25) is 0 Å². The molecule has 0 saturated carbocycles. The van der Waals surface area contributed by atoms with Crippen LogP contribution in [0.15, 0.2) is 60.7 Å². The van der Waals surface area contributed by atoms with Gasteiger partial charge < -0.3 is 14.2 Å². The van der Waals surface area contributed by atoms with Crippen molar-refractivity contribution in [1.82, 2.24) is 0 Å². The maximum absolute atomic E-state index is 14.2. The van der Waals surface area contributed by atoms with Gasteiger partial charge in [-0.3, -0.25) is 4.79 Å². The van der Waals surface area contributed by atoms with Crippen LogP contribution in [0.4, 0.5) is 4.39 Å². The Morgan fingerprint density at radius 2 is 1.77 bits per heavy atom. The third-order valence-electron chi connectivity index (χ3n) is 4.65. The van der Waals surface area contributed by atoms with E-state index in [0.717, 1.165) is 11.1 Å². The molecular formula is C24H22ClFO4. The van der Waals surface area contributed by atoms with E-state index in [4.69, 9.17) is 21.1 Å². The van der Waals surface area contributed by atoms with Crippen molar-refractivity contribution in [1.29, 1.82) is 0 Å². The number of benzene rings is 3. The molecule has 156 valence electrons. The van der Waals surface area contributed by atoms with E-state index in [1.54, 1.807) is 24.3 Å². The largest absolute Gasteiger partial charge is 0.497 e. The van der Waals surface area contributed by atoms with Gasteiger partial charge in [0.05, 0.1) is 14.2 Å². The fourth-order valence-corrected chi connectivity index (χ4v) is 3.32. The predicted octanol–water partition coefficient (Wildman–Crippen LogP) is 5.84. The maximum atomic E-state index is 14.2. The summed E-state index contributed by atoms with van der Waals surface area (Å²) in [5.41, 5.74) is 2.80. The van der Waals surface area contributed by atoms with Crippen LogP contribution in [0.2, 0.25) is 5.02 Å². The maximum Gasteiger partial charge on any atom is 0.305 e. The Morgan fingerprint density at radius 3 is 2.50 bits per heavy atom. The Morgan fingerprint density at radius 1 is 0.933 bits per heavy atom. The molecule has 3 rings (SSSR count). The predicted molar refractivity (Wildman–Crippen MR) is 115 cm³/mol. The molecule has 6 heteroatoms. The zero-order valence-corrected chi connectivity index (χ0v) is 17.5. The summed E-state index contributed by atoms with van der Waals surface area (Å²) in [6.07, 6.45) is 0.897. The van der Waals surface area contributed by atoms with Crippen LogP contribution >= 0.6 is 11.6 Å². The summed E-state index contributed by atoms with van der Waals surface area (Å²) in [7, 11) is 2.91. The average Bonchev–Trinajstić information content (AvgIpc) is 2.77. The Hall–Kier alpha value is -3.05. The number of carbonyl (C=O) groups excluding carboxylic acids is 1. The highest BCUT2D eigenvalue weighted by Crippen LogP contribution is 2.33. The smallest absolute Gasteiger partial charge is 0.305 e. The van der Waals surface area contributed by atoms with Gasteiger partial charge in [0.15, 0.2) is 0 Å². The number of hydrogen-bond donors (Lipinski definition) is 0. The topological polar surface area (TPSA) is 44.8 Å². The van der Waals surface area contributed by atoms with Crippen LogP contribution in [0.5, 0.6) is 11.5 Å². The SMILES string of the molecule is COC(=O)CCc1cccc(OCc2ccc(-c3cc(OC)ccc3F)c(Cl)c2)c1. The molecule has 4 nitrogen and oxygen atoms in total. The molecule has 0 aliphatic carbocycles. The lowest BCUT2D eigenvalue weighted by Gasteiger charge is -2.11. The molecule has 0 saturated heterocycles. The van der Waals surface area contributed by atoms with Gasteiger partial charge in [-0.05, 0) is 53.9 Å². The first-order valence-electron chi connectivity index (χ1n) is 9.41. The lowest BCUT2D eigenvalue weighted by molar-refractivity contribution is -0.140. The summed E-state index contributed by atoms with van der Waals surface area (Å²) in [6.45, 7) is 0.307. The number of carbonyl (C=O) groups is 1. The molecular weight excluding hydrogens is 407 g/mol. The van der Waals surface area contributed by atoms with Crippen molar-refractivity contribution in [2.24, 2.45) is 0 Å². The number of halogens is 2. The standard InChI is InChI=1S/C24H22ClFO4/c1-28-18-8-10-23(26)21(14-18)20-9-6-17(13-22(20)25)15-30-19-5-3-4-16(12-19)7-11-24(27)29-2/h3-6,8-10,12-14H,7,11,15H2,1-2H3. The van der Waals surface area contributed by atoms with E-state index >= 15 is 0 Å². The second-order valence-corrected chi connectivity index (χ2v) is 7.08. The molecule has 0 spiro atoms. The minimum absolute atomic E-state index is 0.247. The molecule has 0 radical (unpaired) electrons. The van der Waals surface area contributed by atoms with Crippen LogP contribution < -0.4 is 9.47 Å². The highest BCUT2D eigenvalue weighted by Gasteiger charge is 2.11. The molecule has 30 heavy (non-hydrogen) atoms. The summed E-state index contributed by atoms with van der Waals surface area (Å²) < 4.78 is 29.9. The van der Waals surface area contributed by atoms with Gasteiger partial charge in [-0.2, -0.15) is 0 Å². The molecule has 0 aliphatic heterocycles. The van der Waals surface area contributed by atoms with Crippen molar-refractivity contribution in [3.8, 4) is 22.6 Å². The van der Waals surface area contributed by atoms with Gasteiger partial charge in [-0.25, -0.2) is 4.39 Å². The van der Waals surface area contributed by atoms with Gasteiger partial charge in [0, 0.05) is 22.6 Å². The van der Waals surface area contributed by atoms with E-state index in [9.17, 15) is 9.18 Å². The molecule has 0 unspecified atom stereocenters. The number of aryl methyl sites for hydroxylation is 1. The number of rotatable bonds is 8. The fourth-order valence-electron chi connectivity index (χ4n) is 3.01. The second-order valence-electron chi connectivity index (χ2n) is 6.67. The van der Waals surface area contributed by atoms with Crippen molar-refractivity contribution < 1.29 is 23.4 Å². The van der Waals surface area contributed by atoms with Crippen molar-refractivity contribution in [3.63, 3.8) is 0 Å². The van der Waals surface area contributed by atoms with E-state index in [1.165, 1.54) is 20.3 Å². The third-order valence-corrected chi connectivity index (χ3v) is 4.96. The van der Waals surface area contributed by atoms with Crippen molar-refractivity contribution in [2.45, 2.75) is 19.4 Å². The van der Waals surface area contributed by atoms with Crippen molar-refractivity contribution in [3.05, 3.63) is 82.6 Å². The molecule has 0 fully saturated rings. The van der Waals surface area contributed by atoms with E-state index in [2.05, 4.69) is 4.74 Å². The summed E-state index contributed by atoms with van der Waals surface area (Å²) in [5.74, 6) is 0.632. The van der Waals surface area contributed by atoms with Crippen LogP contribution in [0.1, 0.15) is 17.5 Å². The molecule has 0 bridgehead atoms. The van der Waals surface area contributed by atoms with E-state index in [0.29, 0.717) is 47.1 Å². The van der Waals surface area contributed by atoms with E-state index < -0.39 is 0 Å². The Balaban J connectivity index is 1.69. The summed E-state index contributed by atoms with van der Waals surface area (Å²) in [4.78, 5) is 11.3. The van der Waals surface area contributed by atoms with Gasteiger partial charge >= 0.3 is 5.97 Å². The molecule has 0 N–H and O–H groups in total. The summed E-state index contributed by atoms with van der Waals surface area (Å²) >= 11 is 6.42. The Bertz CT molecular complexity index is 1040. The number of methoxy groups -OCH3 is 2. The summed E-state index contributed by atoms with van der Waals surface area (Å²) in [6, 6.07) is 17.5. The van der Waals surface area contributed by atoms with Gasteiger partial charge in [-0.1, -0.05) is 35.9 Å². The van der Waals surface area contributed by atoms with Gasteiger partial charge in [0.25, 0.3) is 0 Å². The third kappa shape index (κ3) is 5.51. The van der Waals surface area contributed by atoms with Crippen molar-refractivity contribution >= 4 is 17.6 Å². The molecule has 0 heterocycles. The van der Waals surface area contributed by atoms with Crippen LogP contribution in [-0.2, 0) is 22.6 Å². The molecule has 0 aromatic heterocycles. The van der Waals surface area contributed by atoms with Crippen LogP contribution in [0.3, 0.4) is 0 Å². The van der Waals surface area contributed by atoms with Crippen LogP contribution in [0, 0.1) is 5.82 Å². The van der Waals surface area contributed by atoms with Gasteiger partial charge in [0.1, 0.15) is 23.9 Å². The number of ether oxygens (including phenoxy) is 3. The normalized spacial score (nSPS) is 10.5. The average molecular weight is 429 g/mol. The van der Waals surface area contributed by atoms with E-state index in [1.807, 2.05) is 30.3 Å². The first-order chi connectivity index (χ1) is 14.5. The van der Waals surface area contributed by atoms with Crippen molar-refractivity contribution in [2.75, 3.05) is 14.2 Å². The minimum Gasteiger partial charge on any atom is -0.497 e. The Kier molecular flexibility index (Phi) is 7.31. The Labute approximate surface area is 180 Å². The molecule has 0 amide bonds. The summed E-state index contributed by atoms with van der Waals surface area (Å²) in [5, 5.41) is 0.426. The molecule has 3 aromatic rings. The lowest BCUT2D eigenvalue weighted by Crippen LogP contribution is -2.02. The fraction of sp³-hybridized carbons (Fsp3) is 0.208. The zero-order valence-electron chi connectivity index (χ0n) is 16.8. The minimum atomic E-state index is -0.370. The first-order valence-corrected chi connectivity index (χ1v) is 9.79. The van der Waals surface area contributed by atoms with E-state index in [-0.39, 0.29) is 11.8 Å². The number of esters is 1. The molecule has 3 aromatic carbocycles. The van der Waals surface area contributed by atoms with Crippen LogP contribution in [-0.4, -0.2) is 20.2 Å². The molecule has 0 atom stereocenters. The quantitative estimate of drug-likeness (QED) is 0.423. The highest BCUT2D eigenvalue weighted by molar-refractivity contribution is 6.33. The monoisotopic (exact) mass is 428 g/mol. The first kappa shape index (κ1) is 21.7. The number of hydrogen-bond acceptors (Lipinski definition) is 4. The lowest BCUT2D eigenvalue weighted by atomic mass is 10.0. The zero-order chi connectivity index (χ0) is 21.5. The van der Waals surface area contributed by atoms with Crippen LogP contribution in [0.25, 0.3) is 11.1 Å². The van der Waals surface area contributed by atoms with Gasteiger partial charge in [-0.15, -0.1) is 0 Å². The second kappa shape index (κ2) is 10.1.